The number of benzene rings is 1. The fraction of sp³-hybridized carbons (Fsp3) is 0.591. The lowest BCUT2D eigenvalue weighted by atomic mass is 10.1. The molecule has 2 fully saturated rings. The maximum absolute atomic E-state index is 13.5. The first-order valence-corrected chi connectivity index (χ1v) is 11.5. The summed E-state index contributed by atoms with van der Waals surface area (Å²) in [5, 5.41) is 0. The van der Waals surface area contributed by atoms with E-state index >= 15 is 0 Å². The van der Waals surface area contributed by atoms with Gasteiger partial charge in [-0.15, -0.1) is 0 Å². The Balaban J connectivity index is 1.86. The topological polar surface area (TPSA) is 54.5 Å². The first kappa shape index (κ1) is 20.1. The monoisotopic (exact) mass is 389 g/mol. The largest absolute Gasteiger partial charge is 0.334 e. The van der Waals surface area contributed by atoms with Gasteiger partial charge in [0.05, 0.1) is 17.4 Å². The van der Waals surface area contributed by atoms with E-state index in [1.807, 2.05) is 36.1 Å². The Labute approximate surface area is 163 Å². The molecule has 1 aromatic carbocycles. The fourth-order valence-electron chi connectivity index (χ4n) is 4.30. The molecule has 148 valence electrons. The number of amides is 1. The predicted octanol–water partition coefficient (Wildman–Crippen LogP) is 3.75. The van der Waals surface area contributed by atoms with Crippen molar-refractivity contribution >= 4 is 15.7 Å². The fourth-order valence-corrected chi connectivity index (χ4v) is 6.03. The van der Waals surface area contributed by atoms with Gasteiger partial charge in [-0.2, -0.15) is 0 Å². The lowest BCUT2D eigenvalue weighted by Crippen LogP contribution is -2.42. The molecule has 5 heteroatoms. The molecule has 0 N–H and O–H groups in total. The highest BCUT2D eigenvalue weighted by Crippen LogP contribution is 2.60. The van der Waals surface area contributed by atoms with Crippen molar-refractivity contribution < 1.29 is 13.2 Å². The van der Waals surface area contributed by atoms with E-state index in [1.165, 1.54) is 11.1 Å². The summed E-state index contributed by atoms with van der Waals surface area (Å²) in [6, 6.07) is 7.93. The molecule has 4 nitrogen and oxygen atoms in total. The Morgan fingerprint density at radius 2 is 1.85 bits per heavy atom. The SMILES string of the molecule is CC(C)=C[C@H]1[C@H](C(=O)N(Cc2ccc(C)cc2)[C@@H]2CCS(=O)(=O)C2)C1(C)C. The van der Waals surface area contributed by atoms with E-state index in [0.29, 0.717) is 13.0 Å². The molecule has 1 heterocycles. The van der Waals surface area contributed by atoms with Crippen LogP contribution >= 0.6 is 0 Å². The number of hydrogen-bond donors (Lipinski definition) is 0. The third kappa shape index (κ3) is 4.29. The van der Waals surface area contributed by atoms with Crippen LogP contribution in [0, 0.1) is 24.2 Å². The van der Waals surface area contributed by atoms with Gasteiger partial charge >= 0.3 is 0 Å². The van der Waals surface area contributed by atoms with Gasteiger partial charge in [0.1, 0.15) is 0 Å². The zero-order chi connectivity index (χ0) is 20.0. The average molecular weight is 390 g/mol. The molecule has 3 rings (SSSR count). The van der Waals surface area contributed by atoms with Crippen LogP contribution in [0.4, 0.5) is 0 Å². The Morgan fingerprint density at radius 3 is 2.37 bits per heavy atom. The average Bonchev–Trinajstić information content (AvgIpc) is 2.90. The van der Waals surface area contributed by atoms with Crippen LogP contribution in [-0.4, -0.2) is 36.8 Å². The quantitative estimate of drug-likeness (QED) is 0.721. The molecule has 0 bridgehead atoms. The van der Waals surface area contributed by atoms with Gasteiger partial charge in [-0.3, -0.25) is 4.79 Å². The number of sulfone groups is 1. The molecule has 0 unspecified atom stereocenters. The second-order valence-electron chi connectivity index (χ2n) is 9.08. The van der Waals surface area contributed by atoms with Crippen molar-refractivity contribution in [2.24, 2.45) is 17.3 Å². The Bertz CT molecular complexity index is 848. The van der Waals surface area contributed by atoms with E-state index in [0.717, 1.165) is 5.56 Å². The van der Waals surface area contributed by atoms with Crippen molar-refractivity contribution in [3.63, 3.8) is 0 Å². The van der Waals surface area contributed by atoms with Gasteiger partial charge in [-0.25, -0.2) is 8.42 Å². The molecule has 1 saturated carbocycles. The zero-order valence-corrected chi connectivity index (χ0v) is 17.8. The van der Waals surface area contributed by atoms with Crippen LogP contribution in [0.2, 0.25) is 0 Å². The van der Waals surface area contributed by atoms with Gasteiger partial charge in [0.15, 0.2) is 9.84 Å². The number of nitrogens with zero attached hydrogens (tertiary/aromatic N) is 1. The van der Waals surface area contributed by atoms with Crippen molar-refractivity contribution in [2.45, 2.75) is 53.6 Å². The minimum atomic E-state index is -3.05. The van der Waals surface area contributed by atoms with Gasteiger partial charge in [-0.05, 0) is 44.1 Å². The van der Waals surface area contributed by atoms with E-state index in [9.17, 15) is 13.2 Å². The van der Waals surface area contributed by atoms with E-state index in [1.54, 1.807) is 0 Å². The van der Waals surface area contributed by atoms with E-state index in [-0.39, 0.29) is 40.7 Å². The summed E-state index contributed by atoms with van der Waals surface area (Å²) >= 11 is 0. The van der Waals surface area contributed by atoms with E-state index in [4.69, 9.17) is 0 Å². The van der Waals surface area contributed by atoms with Crippen molar-refractivity contribution in [1.29, 1.82) is 0 Å². The molecule has 0 aromatic heterocycles. The highest BCUT2D eigenvalue weighted by Gasteiger charge is 2.61. The molecule has 2 aliphatic rings. The van der Waals surface area contributed by atoms with Gasteiger partial charge < -0.3 is 4.90 Å². The van der Waals surface area contributed by atoms with E-state index in [2.05, 4.69) is 33.8 Å². The molecular weight excluding hydrogens is 358 g/mol. The maximum atomic E-state index is 13.5. The first-order valence-electron chi connectivity index (χ1n) is 9.73. The molecule has 1 aromatic rings. The van der Waals surface area contributed by atoms with Crippen LogP contribution in [0.25, 0.3) is 0 Å². The van der Waals surface area contributed by atoms with Crippen LogP contribution in [0.5, 0.6) is 0 Å². The Hall–Kier alpha value is -1.62. The third-order valence-electron chi connectivity index (χ3n) is 6.10. The summed E-state index contributed by atoms with van der Waals surface area (Å²) in [5.74, 6) is 0.533. The molecule has 1 aliphatic carbocycles. The second kappa shape index (κ2) is 7.08. The lowest BCUT2D eigenvalue weighted by molar-refractivity contribution is -0.136. The summed E-state index contributed by atoms with van der Waals surface area (Å²) in [6.45, 7) is 10.9. The van der Waals surface area contributed by atoms with Gasteiger partial charge in [0.2, 0.25) is 5.91 Å². The normalized spacial score (nSPS) is 27.8. The third-order valence-corrected chi connectivity index (χ3v) is 7.85. The number of carbonyl (C=O) groups is 1. The lowest BCUT2D eigenvalue weighted by Gasteiger charge is -2.29. The molecule has 0 radical (unpaired) electrons. The Kier molecular flexibility index (Phi) is 5.28. The Morgan fingerprint density at radius 1 is 1.22 bits per heavy atom. The zero-order valence-electron chi connectivity index (χ0n) is 17.0. The van der Waals surface area contributed by atoms with Crippen molar-refractivity contribution in [3.8, 4) is 0 Å². The maximum Gasteiger partial charge on any atom is 0.227 e. The van der Waals surface area contributed by atoms with Crippen molar-refractivity contribution in [1.82, 2.24) is 4.90 Å². The number of allylic oxidation sites excluding steroid dienone is 2. The highest BCUT2D eigenvalue weighted by atomic mass is 32.2. The van der Waals surface area contributed by atoms with Gasteiger partial charge in [0, 0.05) is 12.6 Å². The minimum absolute atomic E-state index is 0.0684. The van der Waals surface area contributed by atoms with Crippen LogP contribution in [0.1, 0.15) is 45.2 Å². The number of aryl methyl sites for hydroxylation is 1. The summed E-state index contributed by atoms with van der Waals surface area (Å²) in [7, 11) is -3.05. The van der Waals surface area contributed by atoms with Crippen LogP contribution in [-0.2, 0) is 21.2 Å². The van der Waals surface area contributed by atoms with Crippen LogP contribution < -0.4 is 0 Å². The van der Waals surface area contributed by atoms with E-state index < -0.39 is 9.84 Å². The molecule has 0 spiro atoms. The second-order valence-corrected chi connectivity index (χ2v) is 11.3. The van der Waals surface area contributed by atoms with Crippen molar-refractivity contribution in [3.05, 3.63) is 47.0 Å². The summed E-state index contributed by atoms with van der Waals surface area (Å²) in [6.07, 6.45) is 2.73. The highest BCUT2D eigenvalue weighted by molar-refractivity contribution is 7.91. The van der Waals surface area contributed by atoms with Gasteiger partial charge in [0.25, 0.3) is 0 Å². The summed E-state index contributed by atoms with van der Waals surface area (Å²) in [4.78, 5) is 15.3. The summed E-state index contributed by atoms with van der Waals surface area (Å²) in [5.41, 5.74) is 3.37. The number of hydrogen-bond acceptors (Lipinski definition) is 3. The predicted molar refractivity (Wildman–Crippen MR) is 109 cm³/mol. The molecule has 1 saturated heterocycles. The molecule has 3 atom stereocenters. The standard InChI is InChI=1S/C22H31NO3S/c1-15(2)12-19-20(22(19,4)5)21(24)23(18-10-11-27(25,26)14-18)13-17-8-6-16(3)7-9-17/h6-9,12,18-20H,10-11,13-14H2,1-5H3/t18-,19+,20-/m1/s1. The number of rotatable bonds is 5. The van der Waals surface area contributed by atoms with Crippen molar-refractivity contribution in [2.75, 3.05) is 11.5 Å². The minimum Gasteiger partial charge on any atom is -0.334 e. The smallest absolute Gasteiger partial charge is 0.227 e. The van der Waals surface area contributed by atoms with Crippen LogP contribution in [0.15, 0.2) is 35.9 Å². The van der Waals surface area contributed by atoms with Crippen LogP contribution in [0.3, 0.4) is 0 Å². The molecule has 27 heavy (non-hydrogen) atoms. The molecule has 1 aliphatic heterocycles. The molecule has 1 amide bonds. The first-order chi connectivity index (χ1) is 12.5. The molecular formula is C22H31NO3S. The number of carbonyl (C=O) groups excluding carboxylic acids is 1. The summed E-state index contributed by atoms with van der Waals surface area (Å²) < 4.78 is 24.1. The van der Waals surface area contributed by atoms with Gasteiger partial charge in [-0.1, -0.05) is 55.3 Å².